The lowest BCUT2D eigenvalue weighted by Gasteiger charge is -2.25. The minimum absolute atomic E-state index is 0.755. The van der Waals surface area contributed by atoms with E-state index in [1.165, 1.54) is 10.4 Å². The van der Waals surface area contributed by atoms with Crippen LogP contribution in [0.4, 0.5) is 0 Å². The minimum atomic E-state index is 0.755. The van der Waals surface area contributed by atoms with Gasteiger partial charge in [0.05, 0.1) is 30.8 Å². The third-order valence-corrected chi connectivity index (χ3v) is 7.58. The summed E-state index contributed by atoms with van der Waals surface area (Å²) in [5, 5.41) is 3.11. The number of morpholine rings is 1. The maximum atomic E-state index is 5.48. The molecule has 0 aliphatic carbocycles. The Hall–Kier alpha value is -2.00. The highest BCUT2D eigenvalue weighted by molar-refractivity contribution is 7.99. The van der Waals surface area contributed by atoms with Crippen LogP contribution in [0.25, 0.3) is 21.3 Å². The molecule has 0 unspecified atom stereocenters. The van der Waals surface area contributed by atoms with Crippen molar-refractivity contribution in [3.8, 4) is 0 Å². The predicted molar refractivity (Wildman–Crippen MR) is 118 cm³/mol. The van der Waals surface area contributed by atoms with Gasteiger partial charge < -0.3 is 9.30 Å². The van der Waals surface area contributed by atoms with E-state index in [4.69, 9.17) is 19.7 Å². The van der Waals surface area contributed by atoms with Gasteiger partial charge in [0.2, 0.25) is 0 Å². The van der Waals surface area contributed by atoms with Gasteiger partial charge in [0.1, 0.15) is 15.7 Å². The topological polar surface area (TPSA) is 56.1 Å². The first-order valence-electron chi connectivity index (χ1n) is 9.76. The third-order valence-electron chi connectivity index (χ3n) is 5.44. The van der Waals surface area contributed by atoms with E-state index < -0.39 is 0 Å². The molecule has 5 rings (SSSR count). The predicted octanol–water partition coefficient (Wildman–Crippen LogP) is 4.18. The van der Waals surface area contributed by atoms with Crippen LogP contribution in [0.3, 0.4) is 0 Å². The largest absolute Gasteiger partial charge is 0.379 e. The Labute approximate surface area is 177 Å². The van der Waals surface area contributed by atoms with Gasteiger partial charge in [0.25, 0.3) is 0 Å². The summed E-state index contributed by atoms with van der Waals surface area (Å²) in [6.45, 7) is 8.49. The number of nitrogens with zero attached hydrogens (tertiary/aromatic N) is 5. The lowest BCUT2D eigenvalue weighted by molar-refractivity contribution is 0.0330. The van der Waals surface area contributed by atoms with Crippen LogP contribution in [-0.2, 0) is 18.3 Å². The van der Waals surface area contributed by atoms with Crippen LogP contribution in [-0.4, -0.2) is 50.7 Å². The van der Waals surface area contributed by atoms with Gasteiger partial charge in [-0.2, -0.15) is 0 Å². The van der Waals surface area contributed by atoms with Gasteiger partial charge >= 0.3 is 0 Å². The summed E-state index contributed by atoms with van der Waals surface area (Å²) in [7, 11) is 2.07. The van der Waals surface area contributed by atoms with E-state index >= 15 is 0 Å². The Kier molecular flexibility index (Phi) is 5.03. The molecule has 1 aromatic carbocycles. The minimum Gasteiger partial charge on any atom is -0.379 e. The number of rotatable bonds is 4. The molecule has 0 amide bonds. The molecule has 4 heterocycles. The standard InChI is InChI=1S/C21H23N5OS2/c1-13-14(2)28-19-18(13)20(24-17(23-19)12-26-8-10-27-11-9-26)29-21-22-15-6-4-5-7-16(15)25(21)3/h4-7H,8-12H2,1-3H3. The third kappa shape index (κ3) is 3.54. The number of benzene rings is 1. The molecule has 1 fully saturated rings. The Balaban J connectivity index is 1.57. The van der Waals surface area contributed by atoms with Crippen LogP contribution < -0.4 is 0 Å². The van der Waals surface area contributed by atoms with Crippen molar-refractivity contribution >= 4 is 44.3 Å². The van der Waals surface area contributed by atoms with Gasteiger partial charge in [-0.15, -0.1) is 11.3 Å². The quantitative estimate of drug-likeness (QED) is 0.457. The normalized spacial score (nSPS) is 15.6. The Morgan fingerprint density at radius 2 is 1.90 bits per heavy atom. The Morgan fingerprint density at radius 3 is 2.69 bits per heavy atom. The first-order valence-corrected chi connectivity index (χ1v) is 11.4. The van der Waals surface area contributed by atoms with E-state index in [0.29, 0.717) is 0 Å². The zero-order valence-corrected chi connectivity index (χ0v) is 18.4. The average Bonchev–Trinajstić information content (AvgIpc) is 3.19. The van der Waals surface area contributed by atoms with Gasteiger partial charge in [-0.3, -0.25) is 4.90 Å². The fraction of sp³-hybridized carbons (Fsp3) is 0.381. The molecule has 6 nitrogen and oxygen atoms in total. The monoisotopic (exact) mass is 425 g/mol. The molecule has 8 heteroatoms. The second kappa shape index (κ2) is 7.68. The lowest BCUT2D eigenvalue weighted by atomic mass is 10.2. The van der Waals surface area contributed by atoms with Crippen molar-refractivity contribution in [1.29, 1.82) is 0 Å². The highest BCUT2D eigenvalue weighted by Gasteiger charge is 2.20. The van der Waals surface area contributed by atoms with Crippen molar-refractivity contribution in [3.63, 3.8) is 0 Å². The summed E-state index contributed by atoms with van der Waals surface area (Å²) >= 11 is 3.39. The molecule has 1 saturated heterocycles. The first kappa shape index (κ1) is 19.0. The number of thiophene rings is 1. The fourth-order valence-corrected chi connectivity index (χ4v) is 5.83. The van der Waals surface area contributed by atoms with E-state index in [1.54, 1.807) is 23.1 Å². The van der Waals surface area contributed by atoms with E-state index in [0.717, 1.165) is 70.1 Å². The Morgan fingerprint density at radius 1 is 1.10 bits per heavy atom. The van der Waals surface area contributed by atoms with Crippen molar-refractivity contribution in [2.75, 3.05) is 26.3 Å². The lowest BCUT2D eigenvalue weighted by Crippen LogP contribution is -2.36. The number of ether oxygens (including phenoxy) is 1. The number of aryl methyl sites for hydroxylation is 3. The van der Waals surface area contributed by atoms with Gasteiger partial charge in [0.15, 0.2) is 5.16 Å². The number of imidazole rings is 1. The Bertz CT molecular complexity index is 1190. The number of hydrogen-bond acceptors (Lipinski definition) is 7. The average molecular weight is 426 g/mol. The molecule has 1 aliphatic heterocycles. The molecule has 0 N–H and O–H groups in total. The number of aromatic nitrogens is 4. The van der Waals surface area contributed by atoms with Crippen molar-refractivity contribution in [2.24, 2.45) is 7.05 Å². The smallest absolute Gasteiger partial charge is 0.175 e. The maximum absolute atomic E-state index is 5.48. The summed E-state index contributed by atoms with van der Waals surface area (Å²) in [5.41, 5.74) is 3.41. The molecule has 0 bridgehead atoms. The summed E-state index contributed by atoms with van der Waals surface area (Å²) in [6, 6.07) is 8.23. The molecule has 0 atom stereocenters. The molecule has 150 valence electrons. The summed E-state index contributed by atoms with van der Waals surface area (Å²) in [6.07, 6.45) is 0. The van der Waals surface area contributed by atoms with Crippen molar-refractivity contribution in [1.82, 2.24) is 24.4 Å². The first-order chi connectivity index (χ1) is 14.1. The van der Waals surface area contributed by atoms with Crippen LogP contribution in [0.2, 0.25) is 0 Å². The van der Waals surface area contributed by atoms with E-state index in [-0.39, 0.29) is 0 Å². The van der Waals surface area contributed by atoms with Crippen LogP contribution in [0.5, 0.6) is 0 Å². The number of hydrogen-bond donors (Lipinski definition) is 0. The van der Waals surface area contributed by atoms with Crippen molar-refractivity contribution < 1.29 is 4.74 Å². The molecule has 1 aliphatic rings. The van der Waals surface area contributed by atoms with Crippen LogP contribution >= 0.6 is 23.1 Å². The van der Waals surface area contributed by atoms with Crippen LogP contribution in [0.1, 0.15) is 16.3 Å². The molecule has 4 aromatic rings. The number of para-hydroxylation sites is 2. The second-order valence-corrected chi connectivity index (χ2v) is 9.50. The van der Waals surface area contributed by atoms with Crippen molar-refractivity contribution in [2.45, 2.75) is 30.6 Å². The molecule has 0 spiro atoms. The molecular formula is C21H23N5OS2. The van der Waals surface area contributed by atoms with Gasteiger partial charge in [-0.25, -0.2) is 15.0 Å². The summed E-state index contributed by atoms with van der Waals surface area (Å²) < 4.78 is 7.62. The second-order valence-electron chi connectivity index (χ2n) is 7.34. The fourth-order valence-electron chi connectivity index (χ4n) is 3.66. The summed E-state index contributed by atoms with van der Waals surface area (Å²) in [5.74, 6) is 0.877. The SMILES string of the molecule is Cc1sc2nc(CN3CCOCC3)nc(Sc3nc4ccccc4n3C)c2c1C. The van der Waals surface area contributed by atoms with E-state index in [1.807, 2.05) is 12.1 Å². The highest BCUT2D eigenvalue weighted by atomic mass is 32.2. The number of fused-ring (bicyclic) bond motifs is 2. The van der Waals surface area contributed by atoms with Crippen molar-refractivity contribution in [3.05, 3.63) is 40.5 Å². The molecule has 3 aromatic heterocycles. The van der Waals surface area contributed by atoms with E-state index in [9.17, 15) is 0 Å². The van der Waals surface area contributed by atoms with Gasteiger partial charge in [-0.05, 0) is 43.3 Å². The maximum Gasteiger partial charge on any atom is 0.175 e. The van der Waals surface area contributed by atoms with Crippen LogP contribution in [0.15, 0.2) is 34.4 Å². The molecule has 0 saturated carbocycles. The molecule has 0 radical (unpaired) electrons. The molecular weight excluding hydrogens is 402 g/mol. The zero-order valence-electron chi connectivity index (χ0n) is 16.8. The van der Waals surface area contributed by atoms with Crippen LogP contribution in [0, 0.1) is 13.8 Å². The zero-order chi connectivity index (χ0) is 20.0. The highest BCUT2D eigenvalue weighted by Crippen LogP contribution is 2.38. The van der Waals surface area contributed by atoms with Gasteiger partial charge in [-0.1, -0.05) is 12.1 Å². The van der Waals surface area contributed by atoms with Gasteiger partial charge in [0, 0.05) is 30.4 Å². The van der Waals surface area contributed by atoms with E-state index in [2.05, 4.69) is 42.5 Å². The molecule has 29 heavy (non-hydrogen) atoms. The summed E-state index contributed by atoms with van der Waals surface area (Å²) in [4.78, 5) is 19.5.